The van der Waals surface area contributed by atoms with E-state index >= 15 is 0 Å². The molecule has 0 aliphatic heterocycles. The van der Waals surface area contributed by atoms with Crippen LogP contribution in [0.4, 0.5) is 0 Å². The zero-order chi connectivity index (χ0) is 12.7. The molecule has 0 spiro atoms. The zero-order valence-electron chi connectivity index (χ0n) is 11.1. The van der Waals surface area contributed by atoms with Crippen molar-refractivity contribution in [3.05, 3.63) is 36.4 Å². The van der Waals surface area contributed by atoms with Crippen LogP contribution in [-0.4, -0.2) is 46.8 Å². The second kappa shape index (κ2) is 7.43. The molecule has 17 heavy (non-hydrogen) atoms. The van der Waals surface area contributed by atoms with Gasteiger partial charge in [-0.05, 0) is 32.8 Å². The maximum atomic E-state index is 5.65. The van der Waals surface area contributed by atoms with E-state index in [9.17, 15) is 0 Å². The van der Waals surface area contributed by atoms with Gasteiger partial charge in [0.25, 0.3) is 0 Å². The quantitative estimate of drug-likeness (QED) is 0.678. The Balaban J connectivity index is 2.90. The molecule has 0 saturated heterocycles. The molecule has 2 nitrogen and oxygen atoms in total. The standard InChI is InChI=1S/C14H23NOSi/c1-5-13-9-7-8-10-14(13)17(11-15(3)4)12-16-6-2/h5,7-10,17H,1,6,11-12H2,2-4H3. The van der Waals surface area contributed by atoms with Gasteiger partial charge in [0.1, 0.15) is 8.80 Å². The molecule has 1 aromatic carbocycles. The van der Waals surface area contributed by atoms with E-state index in [1.54, 1.807) is 0 Å². The van der Waals surface area contributed by atoms with Crippen LogP contribution in [0.2, 0.25) is 0 Å². The Bertz CT molecular complexity index is 352. The van der Waals surface area contributed by atoms with Crippen molar-refractivity contribution < 1.29 is 4.74 Å². The first-order valence-corrected chi connectivity index (χ1v) is 8.33. The summed E-state index contributed by atoms with van der Waals surface area (Å²) in [5.41, 5.74) is 1.27. The van der Waals surface area contributed by atoms with Crippen LogP contribution in [-0.2, 0) is 4.74 Å². The largest absolute Gasteiger partial charge is 0.385 e. The minimum atomic E-state index is -1.09. The Morgan fingerprint density at radius 1 is 1.35 bits per heavy atom. The van der Waals surface area contributed by atoms with E-state index in [4.69, 9.17) is 4.74 Å². The molecule has 0 aliphatic carbocycles. The van der Waals surface area contributed by atoms with Crippen molar-refractivity contribution in [1.29, 1.82) is 0 Å². The highest BCUT2D eigenvalue weighted by atomic mass is 28.3. The van der Waals surface area contributed by atoms with E-state index < -0.39 is 8.80 Å². The second-order valence-electron chi connectivity index (χ2n) is 4.45. The molecular formula is C14H23NOSi. The maximum Gasteiger partial charge on any atom is 0.115 e. The molecule has 1 unspecified atom stereocenters. The number of hydrogen-bond donors (Lipinski definition) is 0. The highest BCUT2D eigenvalue weighted by Crippen LogP contribution is 2.01. The number of nitrogens with zero attached hydrogens (tertiary/aromatic N) is 1. The number of benzene rings is 1. The van der Waals surface area contributed by atoms with Gasteiger partial charge in [0.15, 0.2) is 0 Å². The molecule has 0 amide bonds. The first kappa shape index (κ1) is 14.2. The van der Waals surface area contributed by atoms with Crippen molar-refractivity contribution in [3.8, 4) is 0 Å². The van der Waals surface area contributed by atoms with E-state index in [2.05, 4.69) is 56.8 Å². The van der Waals surface area contributed by atoms with E-state index in [1.165, 1.54) is 10.8 Å². The van der Waals surface area contributed by atoms with E-state index in [0.29, 0.717) is 0 Å². The predicted octanol–water partition coefficient (Wildman–Crippen LogP) is 1.44. The van der Waals surface area contributed by atoms with Crippen molar-refractivity contribution in [3.63, 3.8) is 0 Å². The van der Waals surface area contributed by atoms with Crippen molar-refractivity contribution in [2.45, 2.75) is 6.92 Å². The molecule has 0 aromatic heterocycles. The van der Waals surface area contributed by atoms with Gasteiger partial charge in [-0.1, -0.05) is 42.1 Å². The molecule has 0 radical (unpaired) electrons. The summed E-state index contributed by atoms with van der Waals surface area (Å²) >= 11 is 0. The molecule has 0 N–H and O–H groups in total. The van der Waals surface area contributed by atoms with Crippen LogP contribution in [0, 0.1) is 0 Å². The van der Waals surface area contributed by atoms with E-state index in [0.717, 1.165) is 19.0 Å². The third kappa shape index (κ3) is 4.46. The first-order valence-electron chi connectivity index (χ1n) is 6.12. The summed E-state index contributed by atoms with van der Waals surface area (Å²) in [6.45, 7) is 6.76. The van der Waals surface area contributed by atoms with Crippen LogP contribution in [0.5, 0.6) is 0 Å². The SMILES string of the molecule is C=Cc1ccccc1[SiH](COCC)CN(C)C. The lowest BCUT2D eigenvalue weighted by Crippen LogP contribution is -2.45. The molecule has 0 fully saturated rings. The summed E-state index contributed by atoms with van der Waals surface area (Å²) < 4.78 is 5.65. The Hall–Kier alpha value is -0.903. The third-order valence-corrected chi connectivity index (χ3v) is 5.98. The molecule has 3 heteroatoms. The van der Waals surface area contributed by atoms with Crippen LogP contribution in [0.15, 0.2) is 30.8 Å². The Morgan fingerprint density at radius 3 is 2.65 bits per heavy atom. The van der Waals surface area contributed by atoms with Gasteiger partial charge in [-0.25, -0.2) is 0 Å². The topological polar surface area (TPSA) is 12.5 Å². The van der Waals surface area contributed by atoms with Gasteiger partial charge in [0, 0.05) is 12.8 Å². The number of hydrogen-bond acceptors (Lipinski definition) is 2. The fraction of sp³-hybridized carbons (Fsp3) is 0.429. The lowest BCUT2D eigenvalue weighted by Gasteiger charge is -2.21. The summed E-state index contributed by atoms with van der Waals surface area (Å²) in [5, 5.41) is 1.46. The van der Waals surface area contributed by atoms with Gasteiger partial charge in [-0.15, -0.1) is 0 Å². The van der Waals surface area contributed by atoms with Gasteiger partial charge in [0.2, 0.25) is 0 Å². The normalized spacial score (nSPS) is 12.7. The van der Waals surface area contributed by atoms with E-state index in [1.807, 2.05) is 6.08 Å². The van der Waals surface area contributed by atoms with E-state index in [-0.39, 0.29) is 0 Å². The van der Waals surface area contributed by atoms with Crippen LogP contribution < -0.4 is 5.19 Å². The summed E-state index contributed by atoms with van der Waals surface area (Å²) in [6, 6.07) is 8.56. The summed E-state index contributed by atoms with van der Waals surface area (Å²) in [5.74, 6) is 0. The average Bonchev–Trinajstić information content (AvgIpc) is 2.34. The highest BCUT2D eigenvalue weighted by Gasteiger charge is 2.17. The molecule has 0 aliphatic rings. The third-order valence-electron chi connectivity index (χ3n) is 2.76. The molecular weight excluding hydrogens is 226 g/mol. The molecule has 1 atom stereocenters. The van der Waals surface area contributed by atoms with Crippen molar-refractivity contribution in [1.82, 2.24) is 4.90 Å². The lowest BCUT2D eigenvalue weighted by atomic mass is 10.2. The maximum absolute atomic E-state index is 5.65. The van der Waals surface area contributed by atoms with Crippen molar-refractivity contribution >= 4 is 20.1 Å². The zero-order valence-corrected chi connectivity index (χ0v) is 12.3. The summed E-state index contributed by atoms with van der Waals surface area (Å²) in [6.07, 6.45) is 3.99. The van der Waals surface area contributed by atoms with Crippen LogP contribution in [0.3, 0.4) is 0 Å². The number of rotatable bonds is 7. The van der Waals surface area contributed by atoms with Crippen LogP contribution in [0.25, 0.3) is 6.08 Å². The minimum Gasteiger partial charge on any atom is -0.385 e. The molecule has 0 bridgehead atoms. The fourth-order valence-electron chi connectivity index (χ4n) is 2.01. The van der Waals surface area contributed by atoms with Crippen LogP contribution in [0.1, 0.15) is 12.5 Å². The Kier molecular flexibility index (Phi) is 6.19. The summed E-state index contributed by atoms with van der Waals surface area (Å²) in [7, 11) is 3.16. The molecule has 0 saturated carbocycles. The average molecular weight is 249 g/mol. The van der Waals surface area contributed by atoms with Gasteiger partial charge >= 0.3 is 0 Å². The van der Waals surface area contributed by atoms with Gasteiger partial charge < -0.3 is 9.64 Å². The van der Waals surface area contributed by atoms with Crippen molar-refractivity contribution in [2.75, 3.05) is 33.1 Å². The smallest absolute Gasteiger partial charge is 0.115 e. The first-order chi connectivity index (χ1) is 8.19. The monoisotopic (exact) mass is 249 g/mol. The Morgan fingerprint density at radius 2 is 2.06 bits per heavy atom. The second-order valence-corrected chi connectivity index (χ2v) is 7.17. The molecule has 94 valence electrons. The lowest BCUT2D eigenvalue weighted by molar-refractivity contribution is 0.190. The minimum absolute atomic E-state index is 0.799. The fourth-order valence-corrected chi connectivity index (χ4v) is 4.96. The van der Waals surface area contributed by atoms with Crippen molar-refractivity contribution in [2.24, 2.45) is 0 Å². The van der Waals surface area contributed by atoms with Gasteiger partial charge in [0.05, 0.1) is 0 Å². The van der Waals surface area contributed by atoms with Crippen LogP contribution >= 0.6 is 0 Å². The molecule has 1 rings (SSSR count). The summed E-state index contributed by atoms with van der Waals surface area (Å²) in [4.78, 5) is 2.26. The van der Waals surface area contributed by atoms with Gasteiger partial charge in [-0.2, -0.15) is 0 Å². The predicted molar refractivity (Wildman–Crippen MR) is 78.4 cm³/mol. The van der Waals surface area contributed by atoms with Gasteiger partial charge in [-0.3, -0.25) is 0 Å². The number of ether oxygens (including phenoxy) is 1. The molecule has 1 aromatic rings. The Labute approximate surface area is 107 Å². The molecule has 0 heterocycles. The highest BCUT2D eigenvalue weighted by molar-refractivity contribution is 6.74.